The summed E-state index contributed by atoms with van der Waals surface area (Å²) in [5.41, 5.74) is 1.39. The van der Waals surface area contributed by atoms with Gasteiger partial charge in [0.25, 0.3) is 0 Å². The minimum atomic E-state index is -0.263. The second kappa shape index (κ2) is 6.33. The maximum Gasteiger partial charge on any atom is 0.306 e. The van der Waals surface area contributed by atoms with Crippen LogP contribution in [0.5, 0.6) is 0 Å². The number of thioether (sulfide) groups is 1. The number of aromatic nitrogens is 1. The first-order valence-corrected chi connectivity index (χ1v) is 6.77. The molecule has 98 valence electrons. The lowest BCUT2D eigenvalue weighted by Gasteiger charge is -2.05. The summed E-state index contributed by atoms with van der Waals surface area (Å²) in [6, 6.07) is 9.43. The standard InChI is InChI=1S/C14H13NO3S/c1-18-13(17)6-7-19-14-11(9-16)8-10-4-2-3-5-12(10)15-14/h2-5,8-9H,6-7H2,1H3. The van der Waals surface area contributed by atoms with Crippen molar-refractivity contribution in [1.82, 2.24) is 4.98 Å². The van der Waals surface area contributed by atoms with Gasteiger partial charge in [0.15, 0.2) is 6.29 Å². The lowest BCUT2D eigenvalue weighted by Crippen LogP contribution is -2.01. The second-order valence-corrected chi connectivity index (χ2v) is 4.95. The number of hydrogen-bond acceptors (Lipinski definition) is 5. The van der Waals surface area contributed by atoms with E-state index < -0.39 is 0 Å². The third kappa shape index (κ3) is 3.32. The predicted octanol–water partition coefficient (Wildman–Crippen LogP) is 2.70. The normalized spacial score (nSPS) is 10.4. The van der Waals surface area contributed by atoms with Crippen molar-refractivity contribution < 1.29 is 14.3 Å². The summed E-state index contributed by atoms with van der Waals surface area (Å²) in [6.45, 7) is 0. The molecule has 0 spiro atoms. The quantitative estimate of drug-likeness (QED) is 0.477. The molecule has 0 fully saturated rings. The number of esters is 1. The fraction of sp³-hybridized carbons (Fsp3) is 0.214. The van der Waals surface area contributed by atoms with Crippen molar-refractivity contribution in [2.24, 2.45) is 0 Å². The predicted molar refractivity (Wildman–Crippen MR) is 74.5 cm³/mol. The molecule has 0 amide bonds. The number of hydrogen-bond donors (Lipinski definition) is 0. The molecule has 0 unspecified atom stereocenters. The van der Waals surface area contributed by atoms with Gasteiger partial charge in [0.1, 0.15) is 5.03 Å². The Balaban J connectivity index is 2.21. The highest BCUT2D eigenvalue weighted by molar-refractivity contribution is 7.99. The smallest absolute Gasteiger partial charge is 0.306 e. The number of methoxy groups -OCH3 is 1. The molecule has 0 N–H and O–H groups in total. The number of nitrogens with zero attached hydrogens (tertiary/aromatic N) is 1. The van der Waals surface area contributed by atoms with Gasteiger partial charge < -0.3 is 4.74 Å². The third-order valence-electron chi connectivity index (χ3n) is 2.62. The molecular weight excluding hydrogens is 262 g/mol. The van der Waals surface area contributed by atoms with E-state index in [1.807, 2.05) is 30.3 Å². The Morgan fingerprint density at radius 2 is 2.21 bits per heavy atom. The van der Waals surface area contributed by atoms with E-state index in [4.69, 9.17) is 0 Å². The van der Waals surface area contributed by atoms with Crippen LogP contribution in [-0.2, 0) is 9.53 Å². The molecule has 2 aromatic rings. The Labute approximate surface area is 115 Å². The van der Waals surface area contributed by atoms with Crippen molar-refractivity contribution in [3.63, 3.8) is 0 Å². The molecule has 0 radical (unpaired) electrons. The van der Waals surface area contributed by atoms with E-state index in [0.29, 0.717) is 22.8 Å². The molecule has 0 saturated carbocycles. The SMILES string of the molecule is COC(=O)CCSc1nc2ccccc2cc1C=O. The molecule has 0 aliphatic heterocycles. The van der Waals surface area contributed by atoms with Crippen LogP contribution in [0.4, 0.5) is 0 Å². The Morgan fingerprint density at radius 3 is 2.95 bits per heavy atom. The average molecular weight is 275 g/mol. The minimum Gasteiger partial charge on any atom is -0.469 e. The number of ether oxygens (including phenoxy) is 1. The zero-order valence-electron chi connectivity index (χ0n) is 10.5. The maximum absolute atomic E-state index is 11.1. The van der Waals surface area contributed by atoms with Crippen LogP contribution in [0.2, 0.25) is 0 Å². The first-order valence-electron chi connectivity index (χ1n) is 5.79. The Kier molecular flexibility index (Phi) is 4.52. The maximum atomic E-state index is 11.1. The Hall–Kier alpha value is -1.88. The Morgan fingerprint density at radius 1 is 1.42 bits per heavy atom. The summed E-state index contributed by atoms with van der Waals surface area (Å²) >= 11 is 1.39. The molecule has 0 atom stereocenters. The van der Waals surface area contributed by atoms with Crippen LogP contribution in [0.25, 0.3) is 10.9 Å². The van der Waals surface area contributed by atoms with Crippen LogP contribution < -0.4 is 0 Å². The van der Waals surface area contributed by atoms with Gasteiger partial charge in [0.05, 0.1) is 19.0 Å². The largest absolute Gasteiger partial charge is 0.469 e. The highest BCUT2D eigenvalue weighted by Gasteiger charge is 2.08. The fourth-order valence-electron chi connectivity index (χ4n) is 1.65. The van der Waals surface area contributed by atoms with Gasteiger partial charge in [0.2, 0.25) is 0 Å². The van der Waals surface area contributed by atoms with Crippen molar-refractivity contribution in [1.29, 1.82) is 0 Å². The van der Waals surface area contributed by atoms with Crippen molar-refractivity contribution in [3.05, 3.63) is 35.9 Å². The molecule has 1 aromatic heterocycles. The molecule has 0 aliphatic carbocycles. The minimum absolute atomic E-state index is 0.263. The molecule has 5 heteroatoms. The van der Waals surface area contributed by atoms with Gasteiger partial charge in [0, 0.05) is 16.7 Å². The molecule has 1 aromatic carbocycles. The van der Waals surface area contributed by atoms with E-state index in [0.717, 1.165) is 17.2 Å². The molecule has 19 heavy (non-hydrogen) atoms. The summed E-state index contributed by atoms with van der Waals surface area (Å²) in [5, 5.41) is 1.58. The summed E-state index contributed by atoms with van der Waals surface area (Å²) in [6.07, 6.45) is 1.09. The van der Waals surface area contributed by atoms with Crippen molar-refractivity contribution in [2.75, 3.05) is 12.9 Å². The molecule has 0 aliphatic rings. The monoisotopic (exact) mass is 275 g/mol. The van der Waals surface area contributed by atoms with Crippen molar-refractivity contribution >= 4 is 34.9 Å². The number of carbonyl (C=O) groups is 2. The zero-order chi connectivity index (χ0) is 13.7. The second-order valence-electron chi connectivity index (χ2n) is 3.87. The highest BCUT2D eigenvalue weighted by atomic mass is 32.2. The van der Waals surface area contributed by atoms with Crippen LogP contribution in [0, 0.1) is 0 Å². The number of carbonyl (C=O) groups excluding carboxylic acids is 2. The first-order chi connectivity index (χ1) is 9.24. The lowest BCUT2D eigenvalue weighted by atomic mass is 10.2. The number of aldehydes is 1. The van der Waals surface area contributed by atoms with Gasteiger partial charge in [-0.05, 0) is 12.1 Å². The van der Waals surface area contributed by atoms with Gasteiger partial charge in [-0.25, -0.2) is 4.98 Å². The van der Waals surface area contributed by atoms with Gasteiger partial charge >= 0.3 is 5.97 Å². The zero-order valence-corrected chi connectivity index (χ0v) is 11.3. The van der Waals surface area contributed by atoms with Crippen LogP contribution in [0.15, 0.2) is 35.4 Å². The van der Waals surface area contributed by atoms with Crippen LogP contribution in [0.3, 0.4) is 0 Å². The van der Waals surface area contributed by atoms with Crippen molar-refractivity contribution in [3.8, 4) is 0 Å². The summed E-state index contributed by atoms with van der Waals surface area (Å²) in [7, 11) is 1.36. The molecule has 1 heterocycles. The third-order valence-corrected chi connectivity index (χ3v) is 3.62. The number of rotatable bonds is 5. The van der Waals surface area contributed by atoms with E-state index in [1.165, 1.54) is 18.9 Å². The topological polar surface area (TPSA) is 56.3 Å². The van der Waals surface area contributed by atoms with E-state index in [-0.39, 0.29) is 5.97 Å². The highest BCUT2D eigenvalue weighted by Crippen LogP contribution is 2.24. The molecule has 4 nitrogen and oxygen atoms in total. The summed E-state index contributed by atoms with van der Waals surface area (Å²) < 4.78 is 4.57. The summed E-state index contributed by atoms with van der Waals surface area (Å²) in [4.78, 5) is 26.6. The summed E-state index contributed by atoms with van der Waals surface area (Å²) in [5.74, 6) is 0.278. The lowest BCUT2D eigenvalue weighted by molar-refractivity contribution is -0.140. The van der Waals surface area contributed by atoms with Crippen LogP contribution >= 0.6 is 11.8 Å². The van der Waals surface area contributed by atoms with E-state index >= 15 is 0 Å². The van der Waals surface area contributed by atoms with Crippen molar-refractivity contribution in [2.45, 2.75) is 11.4 Å². The van der Waals surface area contributed by atoms with Crippen LogP contribution in [0.1, 0.15) is 16.8 Å². The number of pyridine rings is 1. The average Bonchev–Trinajstić information content (AvgIpc) is 2.46. The van der Waals surface area contributed by atoms with Gasteiger partial charge in [-0.1, -0.05) is 18.2 Å². The van der Waals surface area contributed by atoms with Gasteiger partial charge in [-0.2, -0.15) is 0 Å². The number of benzene rings is 1. The number of para-hydroxylation sites is 1. The van der Waals surface area contributed by atoms with E-state index in [9.17, 15) is 9.59 Å². The number of fused-ring (bicyclic) bond motifs is 1. The fourth-order valence-corrected chi connectivity index (χ4v) is 2.55. The first kappa shape index (κ1) is 13.5. The van der Waals surface area contributed by atoms with Gasteiger partial charge in [-0.3, -0.25) is 9.59 Å². The molecule has 0 bridgehead atoms. The molecular formula is C14H13NO3S. The molecule has 2 rings (SSSR count). The van der Waals surface area contributed by atoms with Crippen LogP contribution in [-0.4, -0.2) is 30.1 Å². The van der Waals surface area contributed by atoms with Gasteiger partial charge in [-0.15, -0.1) is 11.8 Å². The molecule has 0 saturated heterocycles. The Bertz CT molecular complexity index is 613. The van der Waals surface area contributed by atoms with E-state index in [1.54, 1.807) is 0 Å². The van der Waals surface area contributed by atoms with E-state index in [2.05, 4.69) is 9.72 Å².